The maximum absolute atomic E-state index is 12.6. The van der Waals surface area contributed by atoms with Crippen molar-refractivity contribution in [2.45, 2.75) is 56.5 Å². The number of benzene rings is 2. The average Bonchev–Trinajstić information content (AvgIpc) is 3.47. The average molecular weight is 490 g/mol. The van der Waals surface area contributed by atoms with Crippen LogP contribution in [0.2, 0.25) is 0 Å². The van der Waals surface area contributed by atoms with Gasteiger partial charge < -0.3 is 4.57 Å². The molecule has 174 valence electrons. The van der Waals surface area contributed by atoms with Gasteiger partial charge in [0.05, 0.1) is 17.9 Å². The van der Waals surface area contributed by atoms with Crippen LogP contribution in [-0.4, -0.2) is 25.7 Å². The van der Waals surface area contributed by atoms with E-state index in [1.165, 1.54) is 29.7 Å². The van der Waals surface area contributed by atoms with Crippen molar-refractivity contribution in [2.24, 2.45) is 0 Å². The number of aromatic nitrogens is 4. The molecular formula is C26H27N5OS2. The molecule has 0 aliphatic heterocycles. The summed E-state index contributed by atoms with van der Waals surface area (Å²) in [5, 5.41) is 12.7. The number of hydrogen-bond acceptors (Lipinski definition) is 6. The van der Waals surface area contributed by atoms with E-state index >= 15 is 0 Å². The first kappa shape index (κ1) is 22.8. The van der Waals surface area contributed by atoms with Gasteiger partial charge in [0, 0.05) is 24.0 Å². The molecule has 1 amide bonds. The van der Waals surface area contributed by atoms with Crippen molar-refractivity contribution in [1.29, 1.82) is 0 Å². The second-order valence-corrected chi connectivity index (χ2v) is 10.2. The van der Waals surface area contributed by atoms with E-state index in [2.05, 4.69) is 52.0 Å². The Labute approximate surface area is 208 Å². The van der Waals surface area contributed by atoms with Crippen LogP contribution in [0.5, 0.6) is 0 Å². The summed E-state index contributed by atoms with van der Waals surface area (Å²) in [7, 11) is 0. The fourth-order valence-electron chi connectivity index (χ4n) is 4.00. The van der Waals surface area contributed by atoms with Crippen LogP contribution in [0.1, 0.15) is 55.3 Å². The number of thiazole rings is 1. The normalized spacial score (nSPS) is 13.2. The fourth-order valence-corrected chi connectivity index (χ4v) is 5.83. The van der Waals surface area contributed by atoms with Crippen LogP contribution in [0.3, 0.4) is 0 Å². The maximum Gasteiger partial charge on any atom is 0.230 e. The summed E-state index contributed by atoms with van der Waals surface area (Å²) < 4.78 is 2.25. The van der Waals surface area contributed by atoms with Crippen molar-refractivity contribution in [3.8, 4) is 0 Å². The molecule has 0 N–H and O–H groups in total. The molecule has 34 heavy (non-hydrogen) atoms. The molecule has 1 saturated carbocycles. The molecule has 1 aliphatic carbocycles. The Bertz CT molecular complexity index is 1280. The number of amides is 1. The minimum Gasteiger partial charge on any atom is -0.301 e. The van der Waals surface area contributed by atoms with E-state index in [0.717, 1.165) is 40.9 Å². The van der Waals surface area contributed by atoms with Crippen LogP contribution in [0, 0.1) is 0 Å². The standard InChI is InChI=1S/C26H27N5OS2/c1-3-20-11-7-8-12-23(20)31(18(2)32)25-27-22(16-33-25)17-34-26-29-28-24(21-13-14-21)30(26)15-19-9-5-4-6-10-19/h4-12,16,21H,3,13-15,17H2,1-2H3. The predicted molar refractivity (Wildman–Crippen MR) is 138 cm³/mol. The summed E-state index contributed by atoms with van der Waals surface area (Å²) in [6, 6.07) is 18.5. The summed E-state index contributed by atoms with van der Waals surface area (Å²) in [4.78, 5) is 19.1. The molecule has 1 aliphatic rings. The van der Waals surface area contributed by atoms with E-state index in [9.17, 15) is 4.79 Å². The Morgan fingerprint density at radius 1 is 1.12 bits per heavy atom. The summed E-state index contributed by atoms with van der Waals surface area (Å²) in [6.45, 7) is 4.46. The molecule has 0 unspecified atom stereocenters. The quantitative estimate of drug-likeness (QED) is 0.262. The van der Waals surface area contributed by atoms with Crippen LogP contribution < -0.4 is 4.90 Å². The van der Waals surface area contributed by atoms with E-state index in [4.69, 9.17) is 4.98 Å². The van der Waals surface area contributed by atoms with Crippen molar-refractivity contribution in [3.63, 3.8) is 0 Å². The van der Waals surface area contributed by atoms with Gasteiger partial charge in [0.1, 0.15) is 5.82 Å². The Morgan fingerprint density at radius 2 is 1.88 bits per heavy atom. The lowest BCUT2D eigenvalue weighted by molar-refractivity contribution is -0.115. The third-order valence-corrected chi connectivity index (χ3v) is 7.75. The highest BCUT2D eigenvalue weighted by Gasteiger charge is 2.30. The Hall–Kier alpha value is -2.97. The second kappa shape index (κ2) is 10.1. The summed E-state index contributed by atoms with van der Waals surface area (Å²) in [5.74, 6) is 2.25. The van der Waals surface area contributed by atoms with Gasteiger partial charge >= 0.3 is 0 Å². The lowest BCUT2D eigenvalue weighted by Crippen LogP contribution is -2.23. The Morgan fingerprint density at radius 3 is 2.62 bits per heavy atom. The van der Waals surface area contributed by atoms with Crippen LogP contribution in [-0.2, 0) is 23.5 Å². The van der Waals surface area contributed by atoms with Crippen LogP contribution in [0.25, 0.3) is 0 Å². The zero-order valence-electron chi connectivity index (χ0n) is 19.3. The van der Waals surface area contributed by atoms with Crippen molar-refractivity contribution in [2.75, 3.05) is 4.90 Å². The van der Waals surface area contributed by atoms with E-state index < -0.39 is 0 Å². The monoisotopic (exact) mass is 489 g/mol. The number of rotatable bonds is 9. The first-order chi connectivity index (χ1) is 16.6. The number of nitrogens with zero attached hydrogens (tertiary/aromatic N) is 5. The molecule has 0 saturated heterocycles. The fraction of sp³-hybridized carbons (Fsp3) is 0.308. The summed E-state index contributed by atoms with van der Waals surface area (Å²) in [6.07, 6.45) is 3.23. The number of anilines is 2. The highest BCUT2D eigenvalue weighted by Crippen LogP contribution is 2.40. The van der Waals surface area contributed by atoms with E-state index in [0.29, 0.717) is 16.8 Å². The SMILES string of the molecule is CCc1ccccc1N(C(C)=O)c1nc(CSc2nnc(C3CC3)n2Cc2ccccc2)cs1. The molecule has 2 heterocycles. The topological polar surface area (TPSA) is 63.9 Å². The van der Waals surface area contributed by atoms with Gasteiger partial charge in [-0.15, -0.1) is 21.5 Å². The molecule has 4 aromatic rings. The Balaban J connectivity index is 1.35. The zero-order chi connectivity index (χ0) is 23.5. The zero-order valence-corrected chi connectivity index (χ0v) is 21.0. The summed E-state index contributed by atoms with van der Waals surface area (Å²) >= 11 is 3.15. The minimum absolute atomic E-state index is 0.0360. The van der Waals surface area contributed by atoms with Gasteiger partial charge in [-0.1, -0.05) is 67.2 Å². The highest BCUT2D eigenvalue weighted by atomic mass is 32.2. The van der Waals surface area contributed by atoms with Gasteiger partial charge in [-0.2, -0.15) is 0 Å². The van der Waals surface area contributed by atoms with Crippen molar-refractivity contribution >= 4 is 39.8 Å². The van der Waals surface area contributed by atoms with Gasteiger partial charge in [-0.3, -0.25) is 9.69 Å². The number of aryl methyl sites for hydroxylation is 1. The van der Waals surface area contributed by atoms with Crippen molar-refractivity contribution < 1.29 is 4.79 Å². The molecular weight excluding hydrogens is 462 g/mol. The van der Waals surface area contributed by atoms with Crippen LogP contribution >= 0.6 is 23.1 Å². The van der Waals surface area contributed by atoms with Crippen molar-refractivity contribution in [1.82, 2.24) is 19.7 Å². The molecule has 0 atom stereocenters. The molecule has 5 rings (SSSR count). The number of para-hydroxylation sites is 1. The third kappa shape index (κ3) is 4.93. The van der Waals surface area contributed by atoms with Crippen LogP contribution in [0.15, 0.2) is 65.1 Å². The number of hydrogen-bond donors (Lipinski definition) is 0. The Kier molecular flexibility index (Phi) is 6.78. The predicted octanol–water partition coefficient (Wildman–Crippen LogP) is 6.20. The molecule has 2 aromatic heterocycles. The van der Waals surface area contributed by atoms with E-state index in [1.54, 1.807) is 23.6 Å². The molecule has 0 bridgehead atoms. The lowest BCUT2D eigenvalue weighted by Gasteiger charge is -2.20. The van der Waals surface area contributed by atoms with Gasteiger partial charge in [0.15, 0.2) is 10.3 Å². The van der Waals surface area contributed by atoms with Crippen molar-refractivity contribution in [3.05, 3.63) is 82.6 Å². The minimum atomic E-state index is -0.0360. The first-order valence-corrected chi connectivity index (χ1v) is 13.4. The van der Waals surface area contributed by atoms with Gasteiger partial charge in [0.25, 0.3) is 0 Å². The number of carbonyl (C=O) groups excluding carboxylic acids is 1. The van der Waals surface area contributed by atoms with E-state index in [-0.39, 0.29) is 5.91 Å². The second-order valence-electron chi connectivity index (χ2n) is 8.43. The highest BCUT2D eigenvalue weighted by molar-refractivity contribution is 7.98. The molecule has 6 nitrogen and oxygen atoms in total. The smallest absolute Gasteiger partial charge is 0.230 e. The molecule has 0 spiro atoms. The van der Waals surface area contributed by atoms with Gasteiger partial charge in [-0.05, 0) is 36.5 Å². The summed E-state index contributed by atoms with van der Waals surface area (Å²) in [5.41, 5.74) is 4.22. The number of thioether (sulfide) groups is 1. The molecule has 8 heteroatoms. The molecule has 2 aromatic carbocycles. The largest absolute Gasteiger partial charge is 0.301 e. The van der Waals surface area contributed by atoms with Gasteiger partial charge in [0.2, 0.25) is 5.91 Å². The third-order valence-electron chi connectivity index (χ3n) is 5.88. The molecule has 0 radical (unpaired) electrons. The molecule has 1 fully saturated rings. The first-order valence-electron chi connectivity index (χ1n) is 11.6. The maximum atomic E-state index is 12.6. The van der Waals surface area contributed by atoms with Gasteiger partial charge in [-0.25, -0.2) is 4.98 Å². The lowest BCUT2D eigenvalue weighted by atomic mass is 10.1. The number of carbonyl (C=O) groups is 1. The van der Waals surface area contributed by atoms with E-state index in [1.807, 2.05) is 29.6 Å². The van der Waals surface area contributed by atoms with Crippen LogP contribution in [0.4, 0.5) is 10.8 Å².